The molecule has 0 atom stereocenters. The van der Waals surface area contributed by atoms with Gasteiger partial charge in [-0.3, -0.25) is 4.79 Å². The van der Waals surface area contributed by atoms with Crippen LogP contribution in [0.4, 0.5) is 24.5 Å². The molecule has 0 saturated carbocycles. The lowest BCUT2D eigenvalue weighted by atomic mass is 10.1. The summed E-state index contributed by atoms with van der Waals surface area (Å²) in [5, 5.41) is 0. The van der Waals surface area contributed by atoms with Crippen molar-refractivity contribution in [3.05, 3.63) is 23.8 Å². The minimum absolute atomic E-state index is 0.307. The molecule has 1 aromatic rings. The third-order valence-electron chi connectivity index (χ3n) is 3.68. The van der Waals surface area contributed by atoms with E-state index in [4.69, 9.17) is 0 Å². The lowest BCUT2D eigenvalue weighted by Gasteiger charge is -2.27. The Morgan fingerprint density at radius 2 is 1.23 bits per heavy atom. The van der Waals surface area contributed by atoms with Gasteiger partial charge in [-0.15, -0.1) is 0 Å². The topological polar surface area (TPSA) is 23.6 Å². The van der Waals surface area contributed by atoms with Gasteiger partial charge in [-0.25, -0.2) is 0 Å². The molecule has 0 heterocycles. The molecule has 0 unspecified atom stereocenters. The number of halogens is 3. The molecule has 0 spiro atoms. The molecule has 1 rings (SSSR count). The summed E-state index contributed by atoms with van der Waals surface area (Å²) in [5.74, 6) is -1.80. The van der Waals surface area contributed by atoms with Gasteiger partial charge in [0.15, 0.2) is 0 Å². The fourth-order valence-corrected chi connectivity index (χ4v) is 2.43. The molecule has 0 saturated heterocycles. The second-order valence-corrected chi connectivity index (χ2v) is 4.91. The van der Waals surface area contributed by atoms with Crippen molar-refractivity contribution >= 4 is 17.2 Å². The van der Waals surface area contributed by atoms with E-state index in [1.54, 1.807) is 0 Å². The van der Waals surface area contributed by atoms with Gasteiger partial charge in [-0.05, 0) is 45.9 Å². The Morgan fingerprint density at radius 3 is 1.50 bits per heavy atom. The van der Waals surface area contributed by atoms with Gasteiger partial charge in [0.05, 0.1) is 0 Å². The van der Waals surface area contributed by atoms with E-state index >= 15 is 0 Å². The Bertz CT molecular complexity index is 476. The minimum atomic E-state index is -4.86. The third kappa shape index (κ3) is 4.15. The smallest absolute Gasteiger partial charge is 0.372 e. The van der Waals surface area contributed by atoms with Gasteiger partial charge in [0.1, 0.15) is 0 Å². The summed E-state index contributed by atoms with van der Waals surface area (Å²) < 4.78 is 38.3. The number of anilines is 2. The molecular formula is C16H23F3N2O. The van der Waals surface area contributed by atoms with Crippen LogP contribution in [0.1, 0.15) is 38.1 Å². The quantitative estimate of drug-likeness (QED) is 0.707. The molecule has 0 aliphatic heterocycles. The Labute approximate surface area is 129 Å². The maximum atomic E-state index is 12.8. The van der Waals surface area contributed by atoms with Gasteiger partial charge in [0.2, 0.25) is 0 Å². The van der Waals surface area contributed by atoms with Crippen LogP contribution in [-0.2, 0) is 0 Å². The SMILES string of the molecule is CCN(CC)c1cc(C(=O)C(F)(F)F)cc(N(CC)CC)c1. The highest BCUT2D eigenvalue weighted by molar-refractivity contribution is 6.02. The molecule has 0 bridgehead atoms. The Morgan fingerprint density at radius 1 is 0.864 bits per heavy atom. The molecule has 3 nitrogen and oxygen atoms in total. The van der Waals surface area contributed by atoms with Gasteiger partial charge in [0, 0.05) is 43.1 Å². The zero-order chi connectivity index (χ0) is 16.9. The highest BCUT2D eigenvalue weighted by atomic mass is 19.4. The molecular weight excluding hydrogens is 293 g/mol. The van der Waals surface area contributed by atoms with Crippen LogP contribution < -0.4 is 9.80 Å². The van der Waals surface area contributed by atoms with Crippen molar-refractivity contribution in [3.63, 3.8) is 0 Å². The molecule has 1 aromatic carbocycles. The Balaban J connectivity index is 3.41. The number of carbonyl (C=O) groups is 1. The first-order chi connectivity index (χ1) is 10.3. The highest BCUT2D eigenvalue weighted by Crippen LogP contribution is 2.29. The van der Waals surface area contributed by atoms with Crippen LogP contribution in [0.15, 0.2) is 18.2 Å². The Kier molecular flexibility index (Phi) is 6.26. The van der Waals surface area contributed by atoms with Gasteiger partial charge in [0.25, 0.3) is 5.78 Å². The summed E-state index contributed by atoms with van der Waals surface area (Å²) >= 11 is 0. The molecule has 0 amide bonds. The number of ketones is 1. The fraction of sp³-hybridized carbons (Fsp3) is 0.562. The largest absolute Gasteiger partial charge is 0.454 e. The van der Waals surface area contributed by atoms with E-state index in [0.717, 1.165) is 0 Å². The van der Waals surface area contributed by atoms with E-state index in [1.807, 2.05) is 43.6 Å². The number of carbonyl (C=O) groups excluding carboxylic acids is 1. The summed E-state index contributed by atoms with van der Waals surface area (Å²) in [7, 11) is 0. The predicted molar refractivity (Wildman–Crippen MR) is 83.9 cm³/mol. The van der Waals surface area contributed by atoms with Crippen LogP contribution in [0.5, 0.6) is 0 Å². The molecule has 0 N–H and O–H groups in total. The predicted octanol–water partition coefficient (Wildman–Crippen LogP) is 4.12. The van der Waals surface area contributed by atoms with E-state index in [-0.39, 0.29) is 5.56 Å². The van der Waals surface area contributed by atoms with Crippen molar-refractivity contribution in [2.45, 2.75) is 33.9 Å². The van der Waals surface area contributed by atoms with Gasteiger partial charge >= 0.3 is 6.18 Å². The maximum absolute atomic E-state index is 12.8. The van der Waals surface area contributed by atoms with Crippen molar-refractivity contribution in [1.82, 2.24) is 0 Å². The first-order valence-electron chi connectivity index (χ1n) is 7.54. The van der Waals surface area contributed by atoms with Crippen LogP contribution in [0.2, 0.25) is 0 Å². The molecule has 6 heteroatoms. The standard InChI is InChI=1S/C16H23F3N2O/c1-5-20(6-2)13-9-12(15(22)16(17,18)19)10-14(11-13)21(7-3)8-4/h9-11H,5-8H2,1-4H3. The molecule has 0 aromatic heterocycles. The van der Waals surface area contributed by atoms with E-state index in [1.165, 1.54) is 12.1 Å². The molecule has 0 fully saturated rings. The second-order valence-electron chi connectivity index (χ2n) is 4.91. The third-order valence-corrected chi connectivity index (χ3v) is 3.68. The number of nitrogens with zero attached hydrogens (tertiary/aromatic N) is 2. The van der Waals surface area contributed by atoms with Gasteiger partial charge < -0.3 is 9.80 Å². The number of alkyl halides is 3. The Hall–Kier alpha value is -1.72. The zero-order valence-electron chi connectivity index (χ0n) is 13.5. The lowest BCUT2D eigenvalue weighted by Crippen LogP contribution is -2.27. The van der Waals surface area contributed by atoms with Gasteiger partial charge in [-0.2, -0.15) is 13.2 Å². The van der Waals surface area contributed by atoms with Gasteiger partial charge in [-0.1, -0.05) is 0 Å². The van der Waals surface area contributed by atoms with Crippen LogP contribution in [0, 0.1) is 0 Å². The van der Waals surface area contributed by atoms with Crippen molar-refractivity contribution in [3.8, 4) is 0 Å². The summed E-state index contributed by atoms with van der Waals surface area (Å²) in [5.41, 5.74) is 0.975. The molecule has 22 heavy (non-hydrogen) atoms. The summed E-state index contributed by atoms with van der Waals surface area (Å²) in [6, 6.07) is 4.50. The number of hydrogen-bond donors (Lipinski definition) is 0. The fourth-order valence-electron chi connectivity index (χ4n) is 2.43. The molecule has 0 radical (unpaired) electrons. The molecule has 124 valence electrons. The van der Waals surface area contributed by atoms with Crippen molar-refractivity contribution < 1.29 is 18.0 Å². The number of benzene rings is 1. The van der Waals surface area contributed by atoms with Crippen molar-refractivity contribution in [1.29, 1.82) is 0 Å². The zero-order valence-corrected chi connectivity index (χ0v) is 13.5. The molecule has 0 aliphatic carbocycles. The average molecular weight is 316 g/mol. The minimum Gasteiger partial charge on any atom is -0.372 e. The normalized spacial score (nSPS) is 11.4. The summed E-state index contributed by atoms with van der Waals surface area (Å²) in [6.07, 6.45) is -4.86. The lowest BCUT2D eigenvalue weighted by molar-refractivity contribution is -0.0885. The first-order valence-corrected chi connectivity index (χ1v) is 7.54. The van der Waals surface area contributed by atoms with Crippen LogP contribution in [-0.4, -0.2) is 38.1 Å². The van der Waals surface area contributed by atoms with E-state index in [0.29, 0.717) is 37.6 Å². The van der Waals surface area contributed by atoms with E-state index < -0.39 is 12.0 Å². The van der Waals surface area contributed by atoms with Crippen LogP contribution >= 0.6 is 0 Å². The van der Waals surface area contributed by atoms with E-state index in [9.17, 15) is 18.0 Å². The average Bonchev–Trinajstić information content (AvgIpc) is 2.48. The van der Waals surface area contributed by atoms with Crippen LogP contribution in [0.25, 0.3) is 0 Å². The summed E-state index contributed by atoms with van der Waals surface area (Å²) in [6.45, 7) is 10.4. The van der Waals surface area contributed by atoms with E-state index in [2.05, 4.69) is 0 Å². The highest BCUT2D eigenvalue weighted by Gasteiger charge is 2.39. The number of hydrogen-bond acceptors (Lipinski definition) is 3. The number of rotatable bonds is 7. The van der Waals surface area contributed by atoms with Crippen LogP contribution in [0.3, 0.4) is 0 Å². The van der Waals surface area contributed by atoms with Crippen molar-refractivity contribution in [2.24, 2.45) is 0 Å². The summed E-state index contributed by atoms with van der Waals surface area (Å²) in [4.78, 5) is 15.5. The monoisotopic (exact) mass is 316 g/mol. The second kappa shape index (κ2) is 7.51. The maximum Gasteiger partial charge on any atom is 0.454 e. The number of Topliss-reactive ketones (excluding diaryl/α,β-unsaturated/α-hetero) is 1. The first kappa shape index (κ1) is 18.3. The molecule has 0 aliphatic rings. The van der Waals surface area contributed by atoms with Crippen molar-refractivity contribution in [2.75, 3.05) is 36.0 Å².